The highest BCUT2D eigenvalue weighted by Gasteiger charge is 2.19. The number of hydrogen-bond acceptors (Lipinski definition) is 6. The van der Waals surface area contributed by atoms with Crippen molar-refractivity contribution in [3.05, 3.63) is 41.2 Å². The molecule has 2 rings (SSSR count). The van der Waals surface area contributed by atoms with Crippen LogP contribution in [-0.2, 0) is 16.6 Å². The van der Waals surface area contributed by atoms with Crippen LogP contribution in [0.1, 0.15) is 5.56 Å². The van der Waals surface area contributed by atoms with Crippen molar-refractivity contribution in [2.24, 2.45) is 5.73 Å². The molecule has 0 radical (unpaired) electrons. The van der Waals surface area contributed by atoms with Crippen LogP contribution in [0.15, 0.2) is 35.5 Å². The number of nitrogens with zero attached hydrogens (tertiary/aromatic N) is 3. The highest BCUT2D eigenvalue weighted by atomic mass is 35.5. The van der Waals surface area contributed by atoms with Crippen molar-refractivity contribution in [1.29, 1.82) is 0 Å². The van der Waals surface area contributed by atoms with Gasteiger partial charge in [0, 0.05) is 6.54 Å². The van der Waals surface area contributed by atoms with Crippen molar-refractivity contribution in [2.75, 3.05) is 4.72 Å². The van der Waals surface area contributed by atoms with E-state index in [2.05, 4.69) is 19.9 Å². The molecule has 0 fully saturated rings. The second kappa shape index (κ2) is 5.47. The van der Waals surface area contributed by atoms with Gasteiger partial charge in [-0.1, -0.05) is 17.7 Å². The molecular weight excluding hydrogens is 290 g/mol. The summed E-state index contributed by atoms with van der Waals surface area (Å²) in [5.41, 5.74) is 6.19. The van der Waals surface area contributed by atoms with Crippen LogP contribution in [-0.4, -0.2) is 23.6 Å². The van der Waals surface area contributed by atoms with Gasteiger partial charge in [0.1, 0.15) is 4.90 Å². The molecule has 0 saturated heterocycles. The van der Waals surface area contributed by atoms with Crippen LogP contribution in [0.3, 0.4) is 0 Å². The number of sulfonamides is 1. The molecule has 3 N–H and O–H groups in total. The Labute approximate surface area is 114 Å². The molecule has 2 aromatic rings. The Balaban J connectivity index is 2.35. The minimum Gasteiger partial charge on any atom is -0.326 e. The SMILES string of the molecule is NCc1ccc(S(=O)(=O)Nc2nccnn2)c(Cl)c1. The molecule has 7 nitrogen and oxygen atoms in total. The summed E-state index contributed by atoms with van der Waals surface area (Å²) >= 11 is 5.93. The Bertz CT molecular complexity index is 678. The first-order chi connectivity index (χ1) is 9.03. The number of halogens is 1. The van der Waals surface area contributed by atoms with E-state index in [1.165, 1.54) is 24.5 Å². The van der Waals surface area contributed by atoms with Crippen molar-refractivity contribution in [3.63, 3.8) is 0 Å². The van der Waals surface area contributed by atoms with Gasteiger partial charge in [-0.2, -0.15) is 5.10 Å². The molecule has 0 aliphatic rings. The fourth-order valence-corrected chi connectivity index (χ4v) is 2.87. The van der Waals surface area contributed by atoms with E-state index in [1.54, 1.807) is 6.07 Å². The van der Waals surface area contributed by atoms with Crippen LogP contribution in [0.4, 0.5) is 5.95 Å². The lowest BCUT2D eigenvalue weighted by molar-refractivity contribution is 0.600. The second-order valence-electron chi connectivity index (χ2n) is 3.54. The number of benzene rings is 1. The van der Waals surface area contributed by atoms with E-state index in [0.717, 1.165) is 5.56 Å². The molecule has 0 unspecified atom stereocenters. The topological polar surface area (TPSA) is 111 Å². The van der Waals surface area contributed by atoms with Crippen LogP contribution in [0, 0.1) is 0 Å². The number of aromatic nitrogens is 3. The van der Waals surface area contributed by atoms with Crippen molar-refractivity contribution >= 4 is 27.6 Å². The Kier molecular flexibility index (Phi) is 3.93. The molecule has 0 saturated carbocycles. The maximum absolute atomic E-state index is 12.1. The van der Waals surface area contributed by atoms with Gasteiger partial charge in [0.25, 0.3) is 16.0 Å². The number of anilines is 1. The fourth-order valence-electron chi connectivity index (χ4n) is 1.36. The molecular formula is C10H10ClN5O2S. The first-order valence-corrected chi connectivity index (χ1v) is 7.04. The molecule has 0 atom stereocenters. The van der Waals surface area contributed by atoms with Crippen molar-refractivity contribution in [1.82, 2.24) is 15.2 Å². The molecule has 0 aliphatic heterocycles. The average Bonchev–Trinajstić information content (AvgIpc) is 2.38. The monoisotopic (exact) mass is 299 g/mol. The lowest BCUT2D eigenvalue weighted by Gasteiger charge is -2.08. The summed E-state index contributed by atoms with van der Waals surface area (Å²) in [6, 6.07) is 4.47. The van der Waals surface area contributed by atoms with Gasteiger partial charge in [-0.15, -0.1) is 5.10 Å². The predicted molar refractivity (Wildman–Crippen MR) is 70.0 cm³/mol. The van der Waals surface area contributed by atoms with Gasteiger partial charge >= 0.3 is 0 Å². The van der Waals surface area contributed by atoms with Gasteiger partial charge in [0.05, 0.1) is 17.4 Å². The van der Waals surface area contributed by atoms with Gasteiger partial charge in [-0.3, -0.25) is 0 Å². The highest BCUT2D eigenvalue weighted by molar-refractivity contribution is 7.92. The minimum absolute atomic E-state index is 0.0705. The molecule has 19 heavy (non-hydrogen) atoms. The summed E-state index contributed by atoms with van der Waals surface area (Å²) in [5.74, 6) is -0.124. The molecule has 0 spiro atoms. The number of hydrogen-bond donors (Lipinski definition) is 2. The third kappa shape index (κ3) is 3.16. The van der Waals surface area contributed by atoms with Gasteiger partial charge in [0.2, 0.25) is 0 Å². The molecule has 1 heterocycles. The summed E-state index contributed by atoms with van der Waals surface area (Å²) in [4.78, 5) is 3.66. The molecule has 0 bridgehead atoms. The standard InChI is InChI=1S/C10H10ClN5O2S/c11-8-5-7(6-12)1-2-9(8)19(17,18)16-10-13-3-4-14-15-10/h1-5H,6,12H2,(H,13,15,16). The van der Waals surface area contributed by atoms with E-state index in [1.807, 2.05) is 0 Å². The Hall–Kier alpha value is -1.77. The lowest BCUT2D eigenvalue weighted by Crippen LogP contribution is -2.16. The van der Waals surface area contributed by atoms with Crippen molar-refractivity contribution < 1.29 is 8.42 Å². The number of nitrogens with one attached hydrogen (secondary N) is 1. The quantitative estimate of drug-likeness (QED) is 0.863. The number of rotatable bonds is 4. The summed E-state index contributed by atoms with van der Waals surface area (Å²) < 4.78 is 26.4. The van der Waals surface area contributed by atoms with Crippen LogP contribution < -0.4 is 10.5 Å². The van der Waals surface area contributed by atoms with Crippen molar-refractivity contribution in [3.8, 4) is 0 Å². The first-order valence-electron chi connectivity index (χ1n) is 5.18. The van der Waals surface area contributed by atoms with Crippen molar-refractivity contribution in [2.45, 2.75) is 11.4 Å². The molecule has 0 aliphatic carbocycles. The van der Waals surface area contributed by atoms with E-state index in [4.69, 9.17) is 17.3 Å². The maximum Gasteiger partial charge on any atom is 0.265 e. The largest absolute Gasteiger partial charge is 0.326 e. The number of nitrogens with two attached hydrogens (primary N) is 1. The van der Waals surface area contributed by atoms with E-state index in [9.17, 15) is 8.42 Å². The summed E-state index contributed by atoms with van der Waals surface area (Å²) in [6.07, 6.45) is 2.66. The second-order valence-corrected chi connectivity index (χ2v) is 5.60. The average molecular weight is 300 g/mol. The molecule has 0 amide bonds. The van der Waals surface area contributed by atoms with Gasteiger partial charge in [-0.25, -0.2) is 18.1 Å². The minimum atomic E-state index is -3.86. The molecule has 1 aromatic heterocycles. The first kappa shape index (κ1) is 13.7. The van der Waals surface area contributed by atoms with Crippen LogP contribution in [0.25, 0.3) is 0 Å². The molecule has 9 heteroatoms. The molecule has 1 aromatic carbocycles. The molecule has 100 valence electrons. The van der Waals surface area contributed by atoms with E-state index in [-0.39, 0.29) is 22.4 Å². The zero-order valence-corrected chi connectivity index (χ0v) is 11.2. The Morgan fingerprint density at radius 1 is 1.32 bits per heavy atom. The van der Waals surface area contributed by atoms with Crippen LogP contribution in [0.5, 0.6) is 0 Å². The zero-order chi connectivity index (χ0) is 13.9. The van der Waals surface area contributed by atoms with E-state index < -0.39 is 10.0 Å². The summed E-state index contributed by atoms with van der Waals surface area (Å²) in [7, 11) is -3.86. The third-order valence-corrected chi connectivity index (χ3v) is 4.04. The van der Waals surface area contributed by atoms with Crippen LogP contribution in [0.2, 0.25) is 5.02 Å². The Morgan fingerprint density at radius 3 is 2.68 bits per heavy atom. The third-order valence-electron chi connectivity index (χ3n) is 2.23. The van der Waals surface area contributed by atoms with E-state index in [0.29, 0.717) is 0 Å². The van der Waals surface area contributed by atoms with Crippen LogP contribution >= 0.6 is 11.6 Å². The summed E-state index contributed by atoms with van der Waals surface area (Å²) in [5, 5.41) is 7.14. The Morgan fingerprint density at radius 2 is 2.11 bits per heavy atom. The predicted octanol–water partition coefficient (Wildman–Crippen LogP) is 0.784. The maximum atomic E-state index is 12.1. The van der Waals surface area contributed by atoms with Gasteiger partial charge in [0.15, 0.2) is 0 Å². The summed E-state index contributed by atoms with van der Waals surface area (Å²) in [6.45, 7) is 0.277. The van der Waals surface area contributed by atoms with Gasteiger partial charge in [-0.05, 0) is 17.7 Å². The zero-order valence-electron chi connectivity index (χ0n) is 9.62. The van der Waals surface area contributed by atoms with Gasteiger partial charge < -0.3 is 5.73 Å². The highest BCUT2D eigenvalue weighted by Crippen LogP contribution is 2.23. The lowest BCUT2D eigenvalue weighted by atomic mass is 10.2. The smallest absolute Gasteiger partial charge is 0.265 e. The fraction of sp³-hybridized carbons (Fsp3) is 0.100. The van der Waals surface area contributed by atoms with E-state index >= 15 is 0 Å². The normalized spacial score (nSPS) is 11.3.